The molecular formula is C19H27NO6. The first-order valence-electron chi connectivity index (χ1n) is 10.0. The van der Waals surface area contributed by atoms with E-state index in [1.807, 2.05) is 6.07 Å². The van der Waals surface area contributed by atoms with E-state index in [4.69, 9.17) is 23.7 Å². The van der Waals surface area contributed by atoms with E-state index in [2.05, 4.69) is 0 Å². The van der Waals surface area contributed by atoms with Gasteiger partial charge in [0, 0.05) is 25.7 Å². The number of fused-ring (bicyclic) bond motifs is 1. The van der Waals surface area contributed by atoms with Crippen molar-refractivity contribution >= 4 is 0 Å². The summed E-state index contributed by atoms with van der Waals surface area (Å²) in [4.78, 5) is 0. The molecule has 0 amide bonds. The second kappa shape index (κ2) is 6.13. The minimum atomic E-state index is -1.79. The van der Waals surface area contributed by atoms with Gasteiger partial charge in [-0.15, -0.1) is 0 Å². The number of rotatable bonds is 1. The Hall–Kier alpha value is -0.750. The molecule has 0 unspecified atom stereocenters. The molecule has 144 valence electrons. The summed E-state index contributed by atoms with van der Waals surface area (Å²) in [5.41, 5.74) is -1.79. The lowest BCUT2D eigenvalue weighted by Gasteiger charge is -2.36. The number of nitrogens with zero attached hydrogens (tertiary/aromatic N) is 1. The summed E-state index contributed by atoms with van der Waals surface area (Å²) in [6.07, 6.45) is 6.95. The number of hydrogen-bond donors (Lipinski definition) is 1. The third-order valence-corrected chi connectivity index (χ3v) is 6.69. The summed E-state index contributed by atoms with van der Waals surface area (Å²) in [7, 11) is 0. The van der Waals surface area contributed by atoms with Crippen LogP contribution in [0.25, 0.3) is 0 Å². The van der Waals surface area contributed by atoms with Crippen molar-refractivity contribution in [3.05, 3.63) is 0 Å². The van der Waals surface area contributed by atoms with Crippen LogP contribution in [0.1, 0.15) is 64.2 Å². The molecule has 5 fully saturated rings. The SMILES string of the molecule is N#C[C@@]1(O)[C@@H]([C@H]2COC3(CCCCC3)O2)O[C@@H]2OC3(CCCCC3)O[C@@H]21. The number of nitriles is 1. The number of aliphatic hydroxyl groups is 1. The maximum absolute atomic E-state index is 11.2. The molecule has 1 N–H and O–H groups in total. The first-order chi connectivity index (χ1) is 12.6. The Morgan fingerprint density at radius 2 is 1.46 bits per heavy atom. The Morgan fingerprint density at radius 3 is 2.12 bits per heavy atom. The van der Waals surface area contributed by atoms with E-state index in [-0.39, 0.29) is 0 Å². The summed E-state index contributed by atoms with van der Waals surface area (Å²) < 4.78 is 30.4. The van der Waals surface area contributed by atoms with Crippen molar-refractivity contribution in [2.45, 2.75) is 106 Å². The summed E-state index contributed by atoms with van der Waals surface area (Å²) >= 11 is 0. The second-order valence-electron chi connectivity index (χ2n) is 8.43. The van der Waals surface area contributed by atoms with E-state index in [0.717, 1.165) is 57.8 Å². The highest BCUT2D eigenvalue weighted by Gasteiger charge is 2.68. The van der Waals surface area contributed by atoms with Crippen molar-refractivity contribution in [1.82, 2.24) is 0 Å². The molecular weight excluding hydrogens is 338 g/mol. The number of hydrogen-bond acceptors (Lipinski definition) is 7. The lowest BCUT2D eigenvalue weighted by atomic mass is 9.90. The molecule has 26 heavy (non-hydrogen) atoms. The van der Waals surface area contributed by atoms with Gasteiger partial charge >= 0.3 is 0 Å². The molecule has 7 heteroatoms. The van der Waals surface area contributed by atoms with E-state index in [1.54, 1.807) is 0 Å². The summed E-state index contributed by atoms with van der Waals surface area (Å²) in [5, 5.41) is 20.9. The van der Waals surface area contributed by atoms with Gasteiger partial charge in [-0.05, 0) is 25.7 Å². The molecule has 0 bridgehead atoms. The van der Waals surface area contributed by atoms with Crippen LogP contribution in [0.3, 0.4) is 0 Å². The molecule has 7 nitrogen and oxygen atoms in total. The van der Waals surface area contributed by atoms with Gasteiger partial charge in [-0.3, -0.25) is 0 Å². The normalized spacial score (nSPS) is 46.5. The molecule has 5 rings (SSSR count). The average Bonchev–Trinajstić information content (AvgIpc) is 3.29. The van der Waals surface area contributed by atoms with E-state index in [0.29, 0.717) is 6.61 Å². The van der Waals surface area contributed by atoms with Crippen LogP contribution in [-0.2, 0) is 23.7 Å². The lowest BCUT2D eigenvalue weighted by molar-refractivity contribution is -0.266. The van der Waals surface area contributed by atoms with Crippen molar-refractivity contribution in [1.29, 1.82) is 5.26 Å². The van der Waals surface area contributed by atoms with Gasteiger partial charge in [0.05, 0.1) is 6.61 Å². The Balaban J connectivity index is 1.33. The predicted molar refractivity (Wildman–Crippen MR) is 87.6 cm³/mol. The highest BCUT2D eigenvalue weighted by Crippen LogP contribution is 2.50. The third kappa shape index (κ3) is 2.55. The van der Waals surface area contributed by atoms with E-state index >= 15 is 0 Å². The first-order valence-corrected chi connectivity index (χ1v) is 10.0. The van der Waals surface area contributed by atoms with E-state index in [1.165, 1.54) is 6.42 Å². The van der Waals surface area contributed by atoms with Crippen molar-refractivity contribution in [3.63, 3.8) is 0 Å². The van der Waals surface area contributed by atoms with Gasteiger partial charge in [0.1, 0.15) is 18.3 Å². The van der Waals surface area contributed by atoms with E-state index < -0.39 is 41.8 Å². The van der Waals surface area contributed by atoms with Crippen LogP contribution in [0.5, 0.6) is 0 Å². The molecule has 3 saturated heterocycles. The fourth-order valence-electron chi connectivity index (χ4n) is 5.30. The van der Waals surface area contributed by atoms with Gasteiger partial charge in [-0.1, -0.05) is 12.8 Å². The summed E-state index contributed by atoms with van der Waals surface area (Å²) in [5.74, 6) is -1.28. The molecule has 0 aromatic rings. The van der Waals surface area contributed by atoms with Gasteiger partial charge in [0.2, 0.25) is 5.60 Å². The molecule has 3 heterocycles. The van der Waals surface area contributed by atoms with E-state index in [9.17, 15) is 10.4 Å². The van der Waals surface area contributed by atoms with Gasteiger partial charge < -0.3 is 28.8 Å². The van der Waals surface area contributed by atoms with Crippen LogP contribution in [0.4, 0.5) is 0 Å². The van der Waals surface area contributed by atoms with Gasteiger partial charge in [-0.2, -0.15) is 5.26 Å². The zero-order valence-corrected chi connectivity index (χ0v) is 15.0. The molecule has 3 aliphatic heterocycles. The molecule has 5 atom stereocenters. The van der Waals surface area contributed by atoms with Crippen LogP contribution in [-0.4, -0.2) is 53.5 Å². The Bertz CT molecular complexity index is 593. The first kappa shape index (κ1) is 17.4. The zero-order valence-electron chi connectivity index (χ0n) is 15.0. The maximum atomic E-state index is 11.2. The Kier molecular flexibility index (Phi) is 4.09. The monoisotopic (exact) mass is 365 g/mol. The minimum Gasteiger partial charge on any atom is -0.371 e. The highest BCUT2D eigenvalue weighted by atomic mass is 16.8. The van der Waals surface area contributed by atoms with Crippen molar-refractivity contribution in [2.24, 2.45) is 0 Å². The lowest BCUT2D eigenvalue weighted by Crippen LogP contribution is -2.53. The topological polar surface area (TPSA) is 90.2 Å². The smallest absolute Gasteiger partial charge is 0.211 e. The van der Waals surface area contributed by atoms with Crippen molar-refractivity contribution < 1.29 is 28.8 Å². The molecule has 0 aromatic carbocycles. The van der Waals surface area contributed by atoms with Crippen LogP contribution in [0.15, 0.2) is 0 Å². The van der Waals surface area contributed by atoms with Crippen LogP contribution in [0, 0.1) is 11.3 Å². The zero-order chi connectivity index (χ0) is 17.8. The minimum absolute atomic E-state index is 0.319. The van der Waals surface area contributed by atoms with Gasteiger partial charge in [0.15, 0.2) is 24.0 Å². The van der Waals surface area contributed by atoms with Crippen molar-refractivity contribution in [2.75, 3.05) is 6.61 Å². The Labute approximate surface area is 153 Å². The quantitative estimate of drug-likeness (QED) is 0.712. The standard InChI is InChI=1S/C19H27NO6/c20-12-19(21)14(13-11-22-17(24-13)7-3-1-4-8-17)23-16-15(19)25-18(26-16)9-5-2-6-10-18/h13-16,21H,1-11H2/t13-,14-,15+,16-,19-/m1/s1. The van der Waals surface area contributed by atoms with Crippen LogP contribution in [0.2, 0.25) is 0 Å². The van der Waals surface area contributed by atoms with Gasteiger partial charge in [0.25, 0.3) is 0 Å². The predicted octanol–water partition coefficient (Wildman–Crippen LogP) is 2.12. The maximum Gasteiger partial charge on any atom is 0.211 e. The molecule has 2 saturated carbocycles. The van der Waals surface area contributed by atoms with Crippen molar-refractivity contribution in [3.8, 4) is 6.07 Å². The fraction of sp³-hybridized carbons (Fsp3) is 0.947. The second-order valence-corrected chi connectivity index (χ2v) is 8.43. The fourth-order valence-corrected chi connectivity index (χ4v) is 5.30. The summed E-state index contributed by atoms with van der Waals surface area (Å²) in [6.45, 7) is 0.319. The van der Waals surface area contributed by atoms with Crippen LogP contribution < -0.4 is 0 Å². The Morgan fingerprint density at radius 1 is 0.808 bits per heavy atom. The molecule has 2 aliphatic carbocycles. The highest BCUT2D eigenvalue weighted by molar-refractivity contribution is 5.20. The van der Waals surface area contributed by atoms with Crippen LogP contribution >= 0.6 is 0 Å². The number of ether oxygens (including phenoxy) is 5. The molecule has 2 spiro atoms. The molecule has 0 radical (unpaired) electrons. The summed E-state index contributed by atoms with van der Waals surface area (Å²) in [6, 6.07) is 2.04. The molecule has 0 aromatic heterocycles. The average molecular weight is 365 g/mol. The largest absolute Gasteiger partial charge is 0.371 e. The third-order valence-electron chi connectivity index (χ3n) is 6.69. The van der Waals surface area contributed by atoms with Gasteiger partial charge in [-0.25, -0.2) is 0 Å². The molecule has 5 aliphatic rings.